The molecular weight excluding hydrogens is 378 g/mol. The molecule has 0 bridgehead atoms. The van der Waals surface area contributed by atoms with E-state index in [1.165, 1.54) is 7.11 Å². The van der Waals surface area contributed by atoms with Crippen LogP contribution in [0.5, 0.6) is 11.5 Å². The van der Waals surface area contributed by atoms with Gasteiger partial charge in [-0.2, -0.15) is 5.10 Å². The normalized spacial score (nSPS) is 20.2. The highest BCUT2D eigenvalue weighted by Gasteiger charge is 2.34. The van der Waals surface area contributed by atoms with Gasteiger partial charge in [0.15, 0.2) is 11.5 Å². The molecule has 2 aliphatic heterocycles. The summed E-state index contributed by atoms with van der Waals surface area (Å²) in [4.78, 5) is 16.3. The fourth-order valence-electron chi connectivity index (χ4n) is 3.50. The van der Waals surface area contributed by atoms with E-state index in [1.54, 1.807) is 34.5 Å². The van der Waals surface area contributed by atoms with Crippen LogP contribution in [0.2, 0.25) is 0 Å². The third-order valence-corrected chi connectivity index (χ3v) is 5.99. The van der Waals surface area contributed by atoms with Crippen molar-refractivity contribution in [2.24, 2.45) is 5.10 Å². The molecule has 0 spiro atoms. The molecule has 1 saturated heterocycles. The van der Waals surface area contributed by atoms with Gasteiger partial charge in [-0.05, 0) is 29.6 Å². The maximum absolute atomic E-state index is 13.0. The smallest absolute Gasteiger partial charge is 0.257 e. The number of hydrogen-bond donors (Lipinski definition) is 1. The zero-order valence-corrected chi connectivity index (χ0v) is 16.5. The predicted octanol–water partition coefficient (Wildman–Crippen LogP) is 2.47. The van der Waals surface area contributed by atoms with Gasteiger partial charge in [0, 0.05) is 30.0 Å². The van der Waals surface area contributed by atoms with Crippen LogP contribution in [0.15, 0.2) is 40.8 Å². The standard InChI is InChI=1S/C20H23N3O4S/c1-26-18-11-14(4-5-17(18)24)15-12-16(19-3-2-10-28-19)23(21-15)20(25)13-22-6-8-27-9-7-22/h2-5,10-11,16,24H,6-9,12-13H2,1H3/t16-/m1/s1. The van der Waals surface area contributed by atoms with Gasteiger partial charge in [-0.1, -0.05) is 6.07 Å². The Hall–Kier alpha value is -2.42. The number of rotatable bonds is 5. The largest absolute Gasteiger partial charge is 0.504 e. The average molecular weight is 401 g/mol. The number of benzene rings is 1. The van der Waals surface area contributed by atoms with E-state index < -0.39 is 0 Å². The maximum Gasteiger partial charge on any atom is 0.257 e. The van der Waals surface area contributed by atoms with Crippen LogP contribution in [0.4, 0.5) is 0 Å². The Kier molecular flexibility index (Phi) is 5.61. The van der Waals surface area contributed by atoms with Crippen molar-refractivity contribution in [3.63, 3.8) is 0 Å². The van der Waals surface area contributed by atoms with E-state index in [0.29, 0.717) is 31.9 Å². The molecule has 1 N–H and O–H groups in total. The summed E-state index contributed by atoms with van der Waals surface area (Å²) in [5.41, 5.74) is 1.66. The Morgan fingerprint density at radius 1 is 1.36 bits per heavy atom. The maximum atomic E-state index is 13.0. The van der Waals surface area contributed by atoms with Gasteiger partial charge in [0.25, 0.3) is 5.91 Å². The number of methoxy groups -OCH3 is 1. The number of aromatic hydroxyl groups is 1. The van der Waals surface area contributed by atoms with E-state index in [-0.39, 0.29) is 17.7 Å². The van der Waals surface area contributed by atoms with Gasteiger partial charge in [-0.3, -0.25) is 9.69 Å². The van der Waals surface area contributed by atoms with Gasteiger partial charge in [-0.15, -0.1) is 11.3 Å². The molecule has 1 aromatic carbocycles. The van der Waals surface area contributed by atoms with E-state index in [1.807, 2.05) is 17.5 Å². The molecule has 1 atom stereocenters. The summed E-state index contributed by atoms with van der Waals surface area (Å²) in [5.74, 6) is 0.465. The van der Waals surface area contributed by atoms with Crippen molar-refractivity contribution in [1.82, 2.24) is 9.91 Å². The monoisotopic (exact) mass is 401 g/mol. The van der Waals surface area contributed by atoms with Crippen LogP contribution in [0, 0.1) is 0 Å². The van der Waals surface area contributed by atoms with Gasteiger partial charge in [-0.25, -0.2) is 5.01 Å². The zero-order chi connectivity index (χ0) is 19.5. The van der Waals surface area contributed by atoms with E-state index in [2.05, 4.69) is 10.0 Å². The summed E-state index contributed by atoms with van der Waals surface area (Å²) in [6, 6.07) is 9.08. The molecule has 7 nitrogen and oxygen atoms in total. The average Bonchev–Trinajstić information content (AvgIpc) is 3.39. The van der Waals surface area contributed by atoms with Crippen LogP contribution in [-0.2, 0) is 9.53 Å². The van der Waals surface area contributed by atoms with E-state index >= 15 is 0 Å². The third-order valence-electron chi connectivity index (χ3n) is 5.01. The van der Waals surface area contributed by atoms with Crippen LogP contribution in [0.25, 0.3) is 0 Å². The molecule has 1 amide bonds. The molecule has 148 valence electrons. The quantitative estimate of drug-likeness (QED) is 0.833. The summed E-state index contributed by atoms with van der Waals surface area (Å²) in [7, 11) is 1.52. The first-order chi connectivity index (χ1) is 13.7. The van der Waals surface area contributed by atoms with Crippen molar-refractivity contribution in [1.29, 1.82) is 0 Å². The van der Waals surface area contributed by atoms with Crippen molar-refractivity contribution >= 4 is 23.0 Å². The van der Waals surface area contributed by atoms with Crippen LogP contribution >= 0.6 is 11.3 Å². The summed E-state index contributed by atoms with van der Waals surface area (Å²) < 4.78 is 10.6. The number of hydrazone groups is 1. The Balaban J connectivity index is 1.59. The fourth-order valence-corrected chi connectivity index (χ4v) is 4.31. The van der Waals surface area contributed by atoms with E-state index in [4.69, 9.17) is 9.47 Å². The molecule has 1 aromatic heterocycles. The Morgan fingerprint density at radius 2 is 2.18 bits per heavy atom. The van der Waals surface area contributed by atoms with E-state index in [9.17, 15) is 9.90 Å². The summed E-state index contributed by atoms with van der Waals surface area (Å²) >= 11 is 1.63. The van der Waals surface area contributed by atoms with Crippen LogP contribution in [0.3, 0.4) is 0 Å². The number of phenols is 1. The lowest BCUT2D eigenvalue weighted by atomic mass is 10.0. The molecule has 4 rings (SSSR count). The van der Waals surface area contributed by atoms with Crippen molar-refractivity contribution in [2.75, 3.05) is 40.0 Å². The SMILES string of the molecule is COc1cc(C2=NN(C(=O)CN3CCOCC3)[C@@H](c3cccs3)C2)ccc1O. The van der Waals surface area contributed by atoms with Crippen molar-refractivity contribution in [3.05, 3.63) is 46.2 Å². The number of amides is 1. The minimum absolute atomic E-state index is 0.0129. The molecule has 2 aliphatic rings. The fraction of sp³-hybridized carbons (Fsp3) is 0.400. The lowest BCUT2D eigenvalue weighted by molar-refractivity contribution is -0.135. The number of carbonyl (C=O) groups is 1. The number of phenolic OH excluding ortho intramolecular Hbond substituents is 1. The lowest BCUT2D eigenvalue weighted by Gasteiger charge is -2.28. The minimum Gasteiger partial charge on any atom is -0.504 e. The first kappa shape index (κ1) is 18.9. The molecule has 0 saturated carbocycles. The molecule has 0 aliphatic carbocycles. The van der Waals surface area contributed by atoms with Gasteiger partial charge >= 0.3 is 0 Å². The number of hydrogen-bond acceptors (Lipinski definition) is 7. The Bertz CT molecular complexity index is 862. The lowest BCUT2D eigenvalue weighted by Crippen LogP contribution is -2.43. The van der Waals surface area contributed by atoms with Crippen molar-refractivity contribution in [3.8, 4) is 11.5 Å². The molecule has 0 radical (unpaired) electrons. The number of morpholine rings is 1. The van der Waals surface area contributed by atoms with Crippen LogP contribution in [-0.4, -0.2) is 66.6 Å². The number of carbonyl (C=O) groups excluding carboxylic acids is 1. The Morgan fingerprint density at radius 3 is 2.89 bits per heavy atom. The second-order valence-corrected chi connectivity index (χ2v) is 7.77. The van der Waals surface area contributed by atoms with Gasteiger partial charge in [0.05, 0.1) is 38.6 Å². The first-order valence-electron chi connectivity index (χ1n) is 9.26. The minimum atomic E-state index is -0.108. The second-order valence-electron chi connectivity index (χ2n) is 6.80. The molecule has 3 heterocycles. The molecular formula is C20H23N3O4S. The first-order valence-corrected chi connectivity index (χ1v) is 10.1. The van der Waals surface area contributed by atoms with Crippen LogP contribution in [0.1, 0.15) is 22.9 Å². The zero-order valence-electron chi connectivity index (χ0n) is 15.7. The van der Waals surface area contributed by atoms with Crippen molar-refractivity contribution in [2.45, 2.75) is 12.5 Å². The van der Waals surface area contributed by atoms with E-state index in [0.717, 1.165) is 29.2 Å². The summed E-state index contributed by atoms with van der Waals surface area (Å²) in [6.45, 7) is 3.16. The number of ether oxygens (including phenoxy) is 2. The number of thiophene rings is 1. The summed E-state index contributed by atoms with van der Waals surface area (Å²) in [5, 5.41) is 18.2. The van der Waals surface area contributed by atoms with Gasteiger partial charge in [0.1, 0.15) is 0 Å². The highest BCUT2D eigenvalue weighted by Crippen LogP contribution is 2.36. The Labute approximate surface area is 167 Å². The topological polar surface area (TPSA) is 74.6 Å². The number of nitrogens with zero attached hydrogens (tertiary/aromatic N) is 3. The van der Waals surface area contributed by atoms with Gasteiger partial charge in [0.2, 0.25) is 0 Å². The molecule has 28 heavy (non-hydrogen) atoms. The van der Waals surface area contributed by atoms with Gasteiger partial charge < -0.3 is 14.6 Å². The molecule has 0 unspecified atom stereocenters. The van der Waals surface area contributed by atoms with Crippen molar-refractivity contribution < 1.29 is 19.4 Å². The predicted molar refractivity (Wildman–Crippen MR) is 107 cm³/mol. The highest BCUT2D eigenvalue weighted by molar-refractivity contribution is 7.10. The summed E-state index contributed by atoms with van der Waals surface area (Å²) in [6.07, 6.45) is 0.628. The van der Waals surface area contributed by atoms with Crippen LogP contribution < -0.4 is 4.74 Å². The second kappa shape index (κ2) is 8.30. The molecule has 2 aromatic rings. The highest BCUT2D eigenvalue weighted by atomic mass is 32.1. The third kappa shape index (κ3) is 3.89. The molecule has 1 fully saturated rings. The molecule has 8 heteroatoms.